The van der Waals surface area contributed by atoms with Gasteiger partial charge in [0, 0.05) is 32.4 Å². The number of rotatable bonds is 5. The Kier molecular flexibility index (Phi) is 4.12. The fourth-order valence-electron chi connectivity index (χ4n) is 2.78. The van der Waals surface area contributed by atoms with Crippen LogP contribution in [-0.4, -0.2) is 41.7 Å². The van der Waals surface area contributed by atoms with Gasteiger partial charge in [-0.3, -0.25) is 0 Å². The maximum atomic E-state index is 5.52. The van der Waals surface area contributed by atoms with Crippen LogP contribution in [0.25, 0.3) is 5.65 Å². The Bertz CT molecular complexity index is 601. The van der Waals surface area contributed by atoms with Crippen molar-refractivity contribution in [3.8, 4) is 0 Å². The summed E-state index contributed by atoms with van der Waals surface area (Å²) in [5.41, 5.74) is 2.22. The maximum Gasteiger partial charge on any atom is 0.152 e. The van der Waals surface area contributed by atoms with E-state index >= 15 is 0 Å². The lowest BCUT2D eigenvalue weighted by molar-refractivity contribution is 0.193. The van der Waals surface area contributed by atoms with Crippen molar-refractivity contribution >= 4 is 11.5 Å². The van der Waals surface area contributed by atoms with Gasteiger partial charge in [0.05, 0.1) is 18.3 Å². The Morgan fingerprint density at radius 1 is 1.48 bits per heavy atom. The fourth-order valence-corrected chi connectivity index (χ4v) is 2.78. The predicted molar refractivity (Wildman–Crippen MR) is 84.8 cm³/mol. The van der Waals surface area contributed by atoms with Gasteiger partial charge in [0.1, 0.15) is 5.65 Å². The smallest absolute Gasteiger partial charge is 0.152 e. The van der Waals surface area contributed by atoms with E-state index < -0.39 is 0 Å². The average molecular weight is 288 g/mol. The van der Waals surface area contributed by atoms with E-state index in [1.54, 1.807) is 0 Å². The van der Waals surface area contributed by atoms with Crippen molar-refractivity contribution in [1.29, 1.82) is 0 Å². The molecule has 0 spiro atoms. The van der Waals surface area contributed by atoms with E-state index in [2.05, 4.69) is 53.8 Å². The summed E-state index contributed by atoms with van der Waals surface area (Å²) >= 11 is 0. The van der Waals surface area contributed by atoms with E-state index in [0.29, 0.717) is 12.1 Å². The summed E-state index contributed by atoms with van der Waals surface area (Å²) in [5.74, 6) is 1.06. The molecule has 0 aliphatic carbocycles. The lowest BCUT2D eigenvalue weighted by atomic mass is 10.2. The molecule has 1 N–H and O–H groups in total. The molecule has 0 saturated carbocycles. The summed E-state index contributed by atoms with van der Waals surface area (Å²) < 4.78 is 7.70. The third-order valence-corrected chi connectivity index (χ3v) is 4.07. The quantitative estimate of drug-likeness (QED) is 0.914. The second-order valence-electron chi connectivity index (χ2n) is 5.97. The van der Waals surface area contributed by atoms with Crippen LogP contribution in [0.15, 0.2) is 24.4 Å². The number of imidazole rings is 1. The van der Waals surface area contributed by atoms with Crippen LogP contribution in [-0.2, 0) is 11.3 Å². The zero-order valence-corrected chi connectivity index (χ0v) is 13.0. The molecule has 0 aromatic carbocycles. The van der Waals surface area contributed by atoms with Crippen LogP contribution in [0.2, 0.25) is 0 Å². The molecule has 1 fully saturated rings. The SMILES string of the molecule is CC(C)NCc1c(N(C)C2CCOC2)nc2ccccn12. The minimum atomic E-state index is 0.424. The van der Waals surface area contributed by atoms with E-state index in [1.807, 2.05) is 6.07 Å². The number of hydrogen-bond donors (Lipinski definition) is 1. The largest absolute Gasteiger partial charge is 0.379 e. The minimum Gasteiger partial charge on any atom is -0.379 e. The predicted octanol–water partition coefficient (Wildman–Crippen LogP) is 2.06. The molecule has 3 rings (SSSR count). The lowest BCUT2D eigenvalue weighted by Crippen LogP contribution is -2.33. The summed E-state index contributed by atoms with van der Waals surface area (Å²) in [6, 6.07) is 7.02. The molecular weight excluding hydrogens is 264 g/mol. The van der Waals surface area contributed by atoms with Crippen LogP contribution < -0.4 is 10.2 Å². The Hall–Kier alpha value is -1.59. The van der Waals surface area contributed by atoms with Gasteiger partial charge in [0.2, 0.25) is 0 Å². The van der Waals surface area contributed by atoms with Gasteiger partial charge in [-0.25, -0.2) is 4.98 Å². The van der Waals surface area contributed by atoms with Gasteiger partial charge in [-0.15, -0.1) is 0 Å². The first-order valence-corrected chi connectivity index (χ1v) is 7.66. The van der Waals surface area contributed by atoms with Crippen molar-refractivity contribution in [3.63, 3.8) is 0 Å². The second-order valence-corrected chi connectivity index (χ2v) is 5.97. The lowest BCUT2D eigenvalue weighted by Gasteiger charge is -2.24. The van der Waals surface area contributed by atoms with Gasteiger partial charge >= 0.3 is 0 Å². The van der Waals surface area contributed by atoms with Crippen molar-refractivity contribution in [3.05, 3.63) is 30.1 Å². The molecule has 2 aromatic rings. The van der Waals surface area contributed by atoms with Crippen LogP contribution in [0.5, 0.6) is 0 Å². The highest BCUT2D eigenvalue weighted by molar-refractivity contribution is 5.56. The van der Waals surface area contributed by atoms with Crippen LogP contribution in [0.1, 0.15) is 26.0 Å². The van der Waals surface area contributed by atoms with E-state index in [0.717, 1.165) is 37.6 Å². The average Bonchev–Trinajstić information content (AvgIpc) is 3.12. The number of anilines is 1. The molecule has 0 radical (unpaired) electrons. The van der Waals surface area contributed by atoms with Gasteiger partial charge < -0.3 is 19.4 Å². The number of hydrogen-bond acceptors (Lipinski definition) is 4. The van der Waals surface area contributed by atoms with Crippen LogP contribution in [0, 0.1) is 0 Å². The number of fused-ring (bicyclic) bond motifs is 1. The normalized spacial score (nSPS) is 18.8. The highest BCUT2D eigenvalue weighted by Gasteiger charge is 2.25. The zero-order chi connectivity index (χ0) is 14.8. The Morgan fingerprint density at radius 3 is 3.05 bits per heavy atom. The summed E-state index contributed by atoms with van der Waals surface area (Å²) in [7, 11) is 2.12. The molecule has 5 heteroatoms. The maximum absolute atomic E-state index is 5.52. The molecular formula is C16H24N4O. The van der Waals surface area contributed by atoms with Crippen molar-refractivity contribution in [2.24, 2.45) is 0 Å². The number of aromatic nitrogens is 2. The molecule has 1 unspecified atom stereocenters. The Balaban J connectivity index is 1.96. The first kappa shape index (κ1) is 14.4. The van der Waals surface area contributed by atoms with Crippen LogP contribution >= 0.6 is 0 Å². The second kappa shape index (κ2) is 6.03. The van der Waals surface area contributed by atoms with Crippen LogP contribution in [0.4, 0.5) is 5.82 Å². The molecule has 2 aromatic heterocycles. The molecule has 1 atom stereocenters. The van der Waals surface area contributed by atoms with Gasteiger partial charge in [-0.1, -0.05) is 19.9 Å². The first-order valence-electron chi connectivity index (χ1n) is 7.66. The van der Waals surface area contributed by atoms with Crippen molar-refractivity contribution < 1.29 is 4.74 Å². The topological polar surface area (TPSA) is 41.8 Å². The molecule has 0 amide bonds. The van der Waals surface area contributed by atoms with Gasteiger partial charge in [-0.2, -0.15) is 0 Å². The molecule has 1 aliphatic heterocycles. The van der Waals surface area contributed by atoms with Crippen molar-refractivity contribution in [1.82, 2.24) is 14.7 Å². The van der Waals surface area contributed by atoms with Crippen molar-refractivity contribution in [2.45, 2.75) is 38.9 Å². The summed E-state index contributed by atoms with van der Waals surface area (Å²) in [4.78, 5) is 7.10. The van der Waals surface area contributed by atoms with Gasteiger partial charge in [-0.05, 0) is 18.6 Å². The van der Waals surface area contributed by atoms with Crippen molar-refractivity contribution in [2.75, 3.05) is 25.2 Å². The molecule has 0 bridgehead atoms. The van der Waals surface area contributed by atoms with E-state index in [1.165, 1.54) is 5.69 Å². The zero-order valence-electron chi connectivity index (χ0n) is 13.0. The monoisotopic (exact) mass is 288 g/mol. The molecule has 1 saturated heterocycles. The number of nitrogens with one attached hydrogen (secondary N) is 1. The number of nitrogens with zero attached hydrogens (tertiary/aromatic N) is 3. The standard InChI is InChI=1S/C16H24N4O/c1-12(2)17-10-14-16(19(3)13-7-9-21-11-13)18-15-6-4-5-8-20(14)15/h4-6,8,12-13,17H,7,9-11H2,1-3H3. The Labute approximate surface area is 125 Å². The van der Waals surface area contributed by atoms with Gasteiger partial charge in [0.25, 0.3) is 0 Å². The molecule has 114 valence electrons. The molecule has 21 heavy (non-hydrogen) atoms. The molecule has 3 heterocycles. The number of pyridine rings is 1. The number of ether oxygens (including phenoxy) is 1. The summed E-state index contributed by atoms with van der Waals surface area (Å²) in [6.07, 6.45) is 3.16. The molecule has 1 aliphatic rings. The minimum absolute atomic E-state index is 0.424. The van der Waals surface area contributed by atoms with E-state index in [4.69, 9.17) is 9.72 Å². The summed E-state index contributed by atoms with van der Waals surface area (Å²) in [5, 5.41) is 3.51. The fraction of sp³-hybridized carbons (Fsp3) is 0.562. The van der Waals surface area contributed by atoms with Gasteiger partial charge in [0.15, 0.2) is 5.82 Å². The third-order valence-electron chi connectivity index (χ3n) is 4.07. The first-order chi connectivity index (χ1) is 10.2. The highest BCUT2D eigenvalue weighted by Crippen LogP contribution is 2.25. The van der Waals surface area contributed by atoms with E-state index in [-0.39, 0.29) is 0 Å². The molecule has 5 nitrogen and oxygen atoms in total. The van der Waals surface area contributed by atoms with E-state index in [9.17, 15) is 0 Å². The van der Waals surface area contributed by atoms with Crippen LogP contribution in [0.3, 0.4) is 0 Å². The summed E-state index contributed by atoms with van der Waals surface area (Å²) in [6.45, 7) is 6.79. The third kappa shape index (κ3) is 2.89. The number of likely N-dealkylation sites (N-methyl/N-ethyl adjacent to an activating group) is 1. The Morgan fingerprint density at radius 2 is 2.33 bits per heavy atom. The highest BCUT2D eigenvalue weighted by atomic mass is 16.5.